The van der Waals surface area contributed by atoms with Gasteiger partial charge in [-0.05, 0) is 36.4 Å². The molecule has 1 aliphatic rings. The second-order valence-electron chi connectivity index (χ2n) is 8.92. The Hall–Kier alpha value is -4.76. The third-order valence-electron chi connectivity index (χ3n) is 6.35. The van der Waals surface area contributed by atoms with Crippen LogP contribution in [0.25, 0.3) is 0 Å². The molecule has 0 bridgehead atoms. The van der Waals surface area contributed by atoms with Crippen molar-refractivity contribution in [3.63, 3.8) is 0 Å². The average Bonchev–Trinajstić information content (AvgIpc) is 2.90. The van der Waals surface area contributed by atoms with E-state index in [1.165, 1.54) is 24.3 Å². The van der Waals surface area contributed by atoms with Gasteiger partial charge in [0.2, 0.25) is 5.78 Å². The van der Waals surface area contributed by atoms with Gasteiger partial charge in [-0.15, -0.1) is 0 Å². The van der Waals surface area contributed by atoms with Crippen LogP contribution in [-0.2, 0) is 9.47 Å². The van der Waals surface area contributed by atoms with Crippen LogP contribution in [0.15, 0.2) is 42.5 Å². The number of benzene rings is 3. The van der Waals surface area contributed by atoms with E-state index in [-0.39, 0.29) is 11.3 Å². The van der Waals surface area contributed by atoms with Crippen LogP contribution in [0.4, 0.5) is 0 Å². The van der Waals surface area contributed by atoms with Gasteiger partial charge in [-0.2, -0.15) is 0 Å². The number of hydrogen-bond acceptors (Lipinski definition) is 14. The van der Waals surface area contributed by atoms with Crippen LogP contribution in [0.2, 0.25) is 0 Å². The molecular formula is C26H24O14. The van der Waals surface area contributed by atoms with Crippen molar-refractivity contribution in [2.75, 3.05) is 6.61 Å². The zero-order valence-electron chi connectivity index (χ0n) is 20.2. The molecule has 0 unspecified atom stereocenters. The number of aliphatic hydroxyl groups excluding tert-OH is 3. The smallest absolute Gasteiger partial charge is 0.338 e. The lowest BCUT2D eigenvalue weighted by Crippen LogP contribution is -2.56. The zero-order chi connectivity index (χ0) is 29.5. The summed E-state index contributed by atoms with van der Waals surface area (Å²) >= 11 is 0. The van der Waals surface area contributed by atoms with Gasteiger partial charge in [-0.25, -0.2) is 4.79 Å². The first-order chi connectivity index (χ1) is 18.8. The first-order valence-electron chi connectivity index (χ1n) is 11.6. The van der Waals surface area contributed by atoms with Crippen LogP contribution >= 0.6 is 0 Å². The SMILES string of the molecule is O=C(O[C@H]1[C@H](O)[C@@H](O)[C@@H](CO)O[C@H]1c1c(O)cc(O)c(C(=O)c2ccc(O)cc2)c1O)c1cc(O)c(O)c(O)c1. The Balaban J connectivity index is 1.80. The number of aliphatic hydroxyl groups is 3. The molecular weight excluding hydrogens is 536 g/mol. The second-order valence-corrected chi connectivity index (χ2v) is 8.92. The molecule has 5 atom stereocenters. The van der Waals surface area contributed by atoms with Crippen LogP contribution in [0.3, 0.4) is 0 Å². The molecule has 0 amide bonds. The number of carbonyl (C=O) groups is 2. The average molecular weight is 560 g/mol. The summed E-state index contributed by atoms with van der Waals surface area (Å²) in [7, 11) is 0. The Morgan fingerprint density at radius 2 is 1.35 bits per heavy atom. The van der Waals surface area contributed by atoms with Crippen molar-refractivity contribution in [1.82, 2.24) is 0 Å². The van der Waals surface area contributed by atoms with Crippen LogP contribution < -0.4 is 0 Å². The minimum absolute atomic E-state index is 0.0942. The number of phenolic OH excluding ortho intramolecular Hbond substituents is 7. The Bertz CT molecular complexity index is 1430. The number of phenols is 7. The summed E-state index contributed by atoms with van der Waals surface area (Å²) in [4.78, 5) is 26.0. The highest BCUT2D eigenvalue weighted by Crippen LogP contribution is 2.47. The lowest BCUT2D eigenvalue weighted by atomic mass is 9.88. The molecule has 3 aromatic rings. The number of aromatic hydroxyl groups is 7. The fourth-order valence-electron chi connectivity index (χ4n) is 4.29. The number of rotatable bonds is 6. The highest BCUT2D eigenvalue weighted by molar-refractivity contribution is 6.13. The number of carbonyl (C=O) groups excluding carboxylic acids is 2. The van der Waals surface area contributed by atoms with Gasteiger partial charge < -0.3 is 60.5 Å². The quantitative estimate of drug-likeness (QED) is 0.110. The van der Waals surface area contributed by atoms with Gasteiger partial charge in [0.15, 0.2) is 23.4 Å². The first kappa shape index (κ1) is 28.3. The Labute approximate surface area is 224 Å². The van der Waals surface area contributed by atoms with Gasteiger partial charge >= 0.3 is 5.97 Å². The van der Waals surface area contributed by atoms with Gasteiger partial charge in [0.05, 0.1) is 17.7 Å². The Morgan fingerprint density at radius 1 is 0.750 bits per heavy atom. The van der Waals surface area contributed by atoms with Gasteiger partial charge in [0.1, 0.15) is 53.0 Å². The highest BCUT2D eigenvalue weighted by atomic mass is 16.6. The molecule has 1 heterocycles. The lowest BCUT2D eigenvalue weighted by molar-refractivity contribution is -0.232. The van der Waals surface area contributed by atoms with Crippen molar-refractivity contribution < 1.29 is 70.1 Å². The van der Waals surface area contributed by atoms with E-state index in [1.54, 1.807) is 0 Å². The van der Waals surface area contributed by atoms with Crippen LogP contribution in [0, 0.1) is 0 Å². The predicted octanol–water partition coefficient (Wildman–Crippen LogP) is 0.236. The van der Waals surface area contributed by atoms with E-state index in [0.29, 0.717) is 6.07 Å². The topological polar surface area (TPSA) is 255 Å². The van der Waals surface area contributed by atoms with E-state index in [9.17, 15) is 60.7 Å². The van der Waals surface area contributed by atoms with E-state index in [2.05, 4.69) is 0 Å². The maximum Gasteiger partial charge on any atom is 0.338 e. The minimum Gasteiger partial charge on any atom is -0.508 e. The van der Waals surface area contributed by atoms with Gasteiger partial charge in [0, 0.05) is 11.6 Å². The molecule has 14 heteroatoms. The summed E-state index contributed by atoms with van der Waals surface area (Å²) in [5.74, 6) is -7.99. The van der Waals surface area contributed by atoms with Gasteiger partial charge in [-0.3, -0.25) is 4.79 Å². The summed E-state index contributed by atoms with van der Waals surface area (Å²) in [6.45, 7) is -0.881. The molecule has 3 aromatic carbocycles. The van der Waals surface area contributed by atoms with Crippen molar-refractivity contribution in [3.05, 3.63) is 64.7 Å². The van der Waals surface area contributed by atoms with E-state index < -0.39 is 100 Å². The Morgan fingerprint density at radius 3 is 1.93 bits per heavy atom. The van der Waals surface area contributed by atoms with Crippen molar-refractivity contribution >= 4 is 11.8 Å². The molecule has 0 saturated carbocycles. The lowest BCUT2D eigenvalue weighted by Gasteiger charge is -2.42. The molecule has 1 saturated heterocycles. The molecule has 0 aromatic heterocycles. The number of esters is 1. The molecule has 0 spiro atoms. The molecule has 0 aliphatic carbocycles. The molecule has 0 radical (unpaired) electrons. The van der Waals surface area contributed by atoms with Crippen LogP contribution in [0.1, 0.15) is 37.9 Å². The van der Waals surface area contributed by atoms with Crippen LogP contribution in [0.5, 0.6) is 40.2 Å². The number of ketones is 1. The van der Waals surface area contributed by atoms with Crippen molar-refractivity contribution in [2.24, 2.45) is 0 Å². The molecule has 212 valence electrons. The fourth-order valence-corrected chi connectivity index (χ4v) is 4.29. The number of hydrogen-bond donors (Lipinski definition) is 10. The summed E-state index contributed by atoms with van der Waals surface area (Å²) in [6, 6.07) is 6.84. The molecule has 14 nitrogen and oxygen atoms in total. The molecule has 4 rings (SSSR count). The summed E-state index contributed by atoms with van der Waals surface area (Å²) < 4.78 is 10.8. The van der Waals surface area contributed by atoms with Gasteiger partial charge in [-0.1, -0.05) is 0 Å². The minimum atomic E-state index is -2.02. The third kappa shape index (κ3) is 4.99. The van der Waals surface area contributed by atoms with Crippen molar-refractivity contribution in [2.45, 2.75) is 30.5 Å². The summed E-state index contributed by atoms with van der Waals surface area (Å²) in [6.07, 6.45) is -9.25. The molecule has 1 fully saturated rings. The van der Waals surface area contributed by atoms with E-state index in [4.69, 9.17) is 9.47 Å². The zero-order valence-corrected chi connectivity index (χ0v) is 20.2. The second kappa shape index (κ2) is 10.8. The van der Waals surface area contributed by atoms with Crippen molar-refractivity contribution in [3.8, 4) is 40.2 Å². The monoisotopic (exact) mass is 560 g/mol. The maximum absolute atomic E-state index is 13.1. The standard InChI is InChI=1S/C26H24O14/c27-8-16-21(35)23(37)25(40-26(38)10-5-14(31)20(34)15(32)6-10)24(39-16)18-13(30)7-12(29)17(22(18)36)19(33)9-1-3-11(28)4-2-9/h1-7,16,21,23-25,27-32,34-37H,8H2/t16-,21+,23-,24+,25+/m1/s1. The van der Waals surface area contributed by atoms with E-state index in [1.807, 2.05) is 0 Å². The first-order valence-corrected chi connectivity index (χ1v) is 11.6. The molecule has 40 heavy (non-hydrogen) atoms. The van der Waals surface area contributed by atoms with E-state index in [0.717, 1.165) is 12.1 Å². The van der Waals surface area contributed by atoms with Crippen LogP contribution in [-0.4, -0.2) is 93.8 Å². The van der Waals surface area contributed by atoms with E-state index >= 15 is 0 Å². The largest absolute Gasteiger partial charge is 0.508 e. The summed E-state index contributed by atoms with van der Waals surface area (Å²) in [5, 5.41) is 101. The van der Waals surface area contributed by atoms with Crippen molar-refractivity contribution in [1.29, 1.82) is 0 Å². The molecule has 10 N–H and O–H groups in total. The number of ether oxygens (including phenoxy) is 2. The highest BCUT2D eigenvalue weighted by Gasteiger charge is 2.49. The van der Waals surface area contributed by atoms with Gasteiger partial charge in [0.25, 0.3) is 0 Å². The Kier molecular flexibility index (Phi) is 7.61. The molecule has 1 aliphatic heterocycles. The maximum atomic E-state index is 13.1. The fraction of sp³-hybridized carbons (Fsp3) is 0.231. The third-order valence-corrected chi connectivity index (χ3v) is 6.35. The predicted molar refractivity (Wildman–Crippen MR) is 130 cm³/mol. The normalized spacial score (nSPS) is 22.5. The summed E-state index contributed by atoms with van der Waals surface area (Å²) in [5.41, 5.74) is -2.02.